The summed E-state index contributed by atoms with van der Waals surface area (Å²) in [6.07, 6.45) is 3.41. The van der Waals surface area contributed by atoms with Gasteiger partial charge in [-0.1, -0.05) is 17.7 Å². The highest BCUT2D eigenvalue weighted by Gasteiger charge is 2.01. The number of hydrogen-bond acceptors (Lipinski definition) is 2. The zero-order valence-electron chi connectivity index (χ0n) is 9.53. The van der Waals surface area contributed by atoms with E-state index in [4.69, 9.17) is 0 Å². The van der Waals surface area contributed by atoms with E-state index in [1.807, 2.05) is 31.2 Å². The monoisotopic (exact) mass is 230 g/mol. The lowest BCUT2D eigenvalue weighted by Crippen LogP contribution is -2.27. The number of amides is 2. The van der Waals surface area contributed by atoms with E-state index in [1.165, 1.54) is 0 Å². The van der Waals surface area contributed by atoms with E-state index < -0.39 is 0 Å². The van der Waals surface area contributed by atoms with Crippen molar-refractivity contribution < 1.29 is 4.79 Å². The quantitative estimate of drug-likeness (QED) is 0.755. The average Bonchev–Trinajstić information content (AvgIpc) is 2.83. The van der Waals surface area contributed by atoms with Gasteiger partial charge in [-0.3, -0.25) is 5.10 Å². The first kappa shape index (κ1) is 11.2. The molecule has 1 aromatic carbocycles. The molecule has 0 atom stereocenters. The van der Waals surface area contributed by atoms with Crippen LogP contribution >= 0.6 is 0 Å². The Balaban J connectivity index is 1.83. The first-order valence-corrected chi connectivity index (χ1v) is 5.33. The first-order chi connectivity index (χ1) is 8.24. The molecular weight excluding hydrogens is 216 g/mol. The molecule has 17 heavy (non-hydrogen) atoms. The molecule has 1 aromatic heterocycles. The van der Waals surface area contributed by atoms with Gasteiger partial charge in [0.1, 0.15) is 0 Å². The minimum Gasteiger partial charge on any atom is -0.334 e. The van der Waals surface area contributed by atoms with Crippen LogP contribution in [0, 0.1) is 6.92 Å². The van der Waals surface area contributed by atoms with Gasteiger partial charge in [0.15, 0.2) is 0 Å². The van der Waals surface area contributed by atoms with Crippen LogP contribution in [0.3, 0.4) is 0 Å². The van der Waals surface area contributed by atoms with Gasteiger partial charge in [-0.25, -0.2) is 4.79 Å². The fourth-order valence-corrected chi connectivity index (χ4v) is 1.37. The number of aryl methyl sites for hydroxylation is 1. The Labute approximate surface area is 99.2 Å². The van der Waals surface area contributed by atoms with Crippen molar-refractivity contribution in [2.75, 3.05) is 5.32 Å². The highest BCUT2D eigenvalue weighted by molar-refractivity contribution is 5.89. The summed E-state index contributed by atoms with van der Waals surface area (Å²) in [5.74, 6) is 0. The minimum absolute atomic E-state index is 0.227. The third-order valence-electron chi connectivity index (χ3n) is 2.32. The number of urea groups is 1. The SMILES string of the molecule is Cc1ccc(NC(=O)NCc2cn[nH]c2)cc1. The summed E-state index contributed by atoms with van der Waals surface area (Å²) in [4.78, 5) is 11.5. The maximum absolute atomic E-state index is 11.5. The van der Waals surface area contributed by atoms with Gasteiger partial charge in [0.2, 0.25) is 0 Å². The predicted octanol–water partition coefficient (Wildman–Crippen LogP) is 2.04. The standard InChI is InChI=1S/C12H14N4O/c1-9-2-4-11(5-3-9)16-12(17)13-6-10-7-14-15-8-10/h2-5,7-8H,6H2,1H3,(H,14,15)(H2,13,16,17). The molecular formula is C12H14N4O. The van der Waals surface area contributed by atoms with Gasteiger partial charge in [0.05, 0.1) is 6.20 Å². The van der Waals surface area contributed by atoms with Crippen LogP contribution < -0.4 is 10.6 Å². The van der Waals surface area contributed by atoms with E-state index in [9.17, 15) is 4.79 Å². The highest BCUT2D eigenvalue weighted by Crippen LogP contribution is 2.08. The first-order valence-electron chi connectivity index (χ1n) is 5.33. The van der Waals surface area contributed by atoms with Crippen LogP contribution in [0.5, 0.6) is 0 Å². The second-order valence-corrected chi connectivity index (χ2v) is 3.78. The molecule has 0 radical (unpaired) electrons. The number of anilines is 1. The normalized spacial score (nSPS) is 9.94. The Morgan fingerprint density at radius 1 is 1.35 bits per heavy atom. The zero-order valence-corrected chi connectivity index (χ0v) is 9.53. The van der Waals surface area contributed by atoms with Crippen molar-refractivity contribution in [2.45, 2.75) is 13.5 Å². The number of rotatable bonds is 3. The zero-order chi connectivity index (χ0) is 12.1. The van der Waals surface area contributed by atoms with E-state index in [0.29, 0.717) is 6.54 Å². The molecule has 0 spiro atoms. The van der Waals surface area contributed by atoms with E-state index in [2.05, 4.69) is 20.8 Å². The summed E-state index contributed by atoms with van der Waals surface area (Å²) < 4.78 is 0. The molecule has 3 N–H and O–H groups in total. The fourth-order valence-electron chi connectivity index (χ4n) is 1.37. The summed E-state index contributed by atoms with van der Waals surface area (Å²) in [5, 5.41) is 12.0. The van der Waals surface area contributed by atoms with Crippen molar-refractivity contribution in [1.82, 2.24) is 15.5 Å². The number of aromatic nitrogens is 2. The van der Waals surface area contributed by atoms with Gasteiger partial charge in [0.25, 0.3) is 0 Å². The number of benzene rings is 1. The second kappa shape index (κ2) is 5.16. The van der Waals surface area contributed by atoms with Crippen LogP contribution in [-0.2, 0) is 6.54 Å². The van der Waals surface area contributed by atoms with Crippen molar-refractivity contribution in [1.29, 1.82) is 0 Å². The molecule has 2 rings (SSSR count). The molecule has 5 nitrogen and oxygen atoms in total. The number of aromatic amines is 1. The minimum atomic E-state index is -0.227. The summed E-state index contributed by atoms with van der Waals surface area (Å²) in [6.45, 7) is 2.46. The molecule has 2 aromatic rings. The molecule has 0 aliphatic rings. The van der Waals surface area contributed by atoms with Crippen molar-refractivity contribution in [3.05, 3.63) is 47.8 Å². The number of H-pyrrole nitrogens is 1. The lowest BCUT2D eigenvalue weighted by molar-refractivity contribution is 0.251. The Bertz CT molecular complexity index is 476. The van der Waals surface area contributed by atoms with Gasteiger partial charge >= 0.3 is 6.03 Å². The summed E-state index contributed by atoms with van der Waals surface area (Å²) in [7, 11) is 0. The average molecular weight is 230 g/mol. The largest absolute Gasteiger partial charge is 0.334 e. The highest BCUT2D eigenvalue weighted by atomic mass is 16.2. The van der Waals surface area contributed by atoms with Crippen molar-refractivity contribution in [2.24, 2.45) is 0 Å². The fraction of sp³-hybridized carbons (Fsp3) is 0.167. The number of carbonyl (C=O) groups excluding carboxylic acids is 1. The molecule has 0 fully saturated rings. The van der Waals surface area contributed by atoms with E-state index >= 15 is 0 Å². The third kappa shape index (κ3) is 3.34. The maximum Gasteiger partial charge on any atom is 0.319 e. The van der Waals surface area contributed by atoms with Crippen LogP contribution in [0.4, 0.5) is 10.5 Å². The van der Waals surface area contributed by atoms with E-state index in [0.717, 1.165) is 16.8 Å². The van der Waals surface area contributed by atoms with Gasteiger partial charge in [-0.05, 0) is 19.1 Å². The number of hydrogen-bond donors (Lipinski definition) is 3. The van der Waals surface area contributed by atoms with Gasteiger partial charge in [-0.15, -0.1) is 0 Å². The van der Waals surface area contributed by atoms with Crippen molar-refractivity contribution >= 4 is 11.7 Å². The van der Waals surface area contributed by atoms with E-state index in [1.54, 1.807) is 12.4 Å². The molecule has 2 amide bonds. The topological polar surface area (TPSA) is 69.8 Å². The third-order valence-corrected chi connectivity index (χ3v) is 2.32. The second-order valence-electron chi connectivity index (χ2n) is 3.78. The summed E-state index contributed by atoms with van der Waals surface area (Å²) >= 11 is 0. The Kier molecular flexibility index (Phi) is 3.40. The van der Waals surface area contributed by atoms with Crippen LogP contribution in [0.1, 0.15) is 11.1 Å². The molecule has 1 heterocycles. The molecule has 0 aliphatic heterocycles. The lowest BCUT2D eigenvalue weighted by atomic mass is 10.2. The van der Waals surface area contributed by atoms with Gasteiger partial charge in [0, 0.05) is 24.0 Å². The van der Waals surface area contributed by atoms with Crippen molar-refractivity contribution in [3.8, 4) is 0 Å². The molecule has 0 bridgehead atoms. The lowest BCUT2D eigenvalue weighted by Gasteiger charge is -2.06. The molecule has 0 saturated carbocycles. The molecule has 0 saturated heterocycles. The number of carbonyl (C=O) groups is 1. The number of nitrogens with zero attached hydrogens (tertiary/aromatic N) is 1. The van der Waals surface area contributed by atoms with Crippen LogP contribution in [0.2, 0.25) is 0 Å². The Morgan fingerprint density at radius 3 is 2.76 bits per heavy atom. The maximum atomic E-state index is 11.5. The molecule has 88 valence electrons. The molecule has 0 unspecified atom stereocenters. The Hall–Kier alpha value is -2.30. The van der Waals surface area contributed by atoms with Gasteiger partial charge < -0.3 is 10.6 Å². The Morgan fingerprint density at radius 2 is 2.12 bits per heavy atom. The summed E-state index contributed by atoms with van der Waals surface area (Å²) in [6, 6.07) is 7.41. The predicted molar refractivity (Wildman–Crippen MR) is 65.6 cm³/mol. The van der Waals surface area contributed by atoms with Crippen LogP contribution in [0.15, 0.2) is 36.7 Å². The molecule has 5 heteroatoms. The summed E-state index contributed by atoms with van der Waals surface area (Å²) in [5.41, 5.74) is 2.87. The smallest absolute Gasteiger partial charge is 0.319 e. The van der Waals surface area contributed by atoms with Crippen LogP contribution in [-0.4, -0.2) is 16.2 Å². The van der Waals surface area contributed by atoms with Crippen molar-refractivity contribution in [3.63, 3.8) is 0 Å². The van der Waals surface area contributed by atoms with Gasteiger partial charge in [-0.2, -0.15) is 5.10 Å². The number of nitrogens with one attached hydrogen (secondary N) is 3. The molecule has 0 aliphatic carbocycles. The van der Waals surface area contributed by atoms with Crippen LogP contribution in [0.25, 0.3) is 0 Å². The van der Waals surface area contributed by atoms with E-state index in [-0.39, 0.29) is 6.03 Å².